The molecule has 1 fully saturated rings. The summed E-state index contributed by atoms with van der Waals surface area (Å²) < 4.78 is 0. The summed E-state index contributed by atoms with van der Waals surface area (Å²) in [5.41, 5.74) is 4.54. The third-order valence-electron chi connectivity index (χ3n) is 4.03. The van der Waals surface area contributed by atoms with Crippen LogP contribution in [-0.2, 0) is 9.59 Å². The van der Waals surface area contributed by atoms with Crippen LogP contribution in [0.4, 0.5) is 0 Å². The van der Waals surface area contributed by atoms with Crippen molar-refractivity contribution in [3.8, 4) is 0 Å². The Morgan fingerprint density at radius 1 is 1.27 bits per heavy atom. The van der Waals surface area contributed by atoms with Crippen molar-refractivity contribution in [2.45, 2.75) is 13.3 Å². The van der Waals surface area contributed by atoms with Crippen molar-refractivity contribution in [3.05, 3.63) is 47.7 Å². The summed E-state index contributed by atoms with van der Waals surface area (Å²) in [6, 6.07) is 8.72. The lowest BCUT2D eigenvalue weighted by molar-refractivity contribution is -0.153. The lowest BCUT2D eigenvalue weighted by Crippen LogP contribution is -2.46. The van der Waals surface area contributed by atoms with Crippen LogP contribution in [0.25, 0.3) is 0 Å². The molecule has 1 amide bonds. The number of carboxylic acids is 1. The molecule has 22 heavy (non-hydrogen) atoms. The number of amides is 1. The monoisotopic (exact) mass is 302 g/mol. The van der Waals surface area contributed by atoms with E-state index in [1.807, 2.05) is 6.07 Å². The van der Waals surface area contributed by atoms with Gasteiger partial charge in [0.1, 0.15) is 0 Å². The largest absolute Gasteiger partial charge is 0.480 e. The average Bonchev–Trinajstić information content (AvgIpc) is 2.95. The summed E-state index contributed by atoms with van der Waals surface area (Å²) in [6.07, 6.45) is 1.73. The molecule has 0 aromatic heterocycles. The van der Waals surface area contributed by atoms with Crippen LogP contribution < -0.4 is 5.73 Å². The number of rotatable bonds is 5. The number of Topliss-reactive ketones (excluding diaryl/α,β-unsaturated/α-hetero) is 1. The number of nitrogens with two attached hydrogens (primary N) is 1. The van der Waals surface area contributed by atoms with E-state index >= 15 is 0 Å². The third kappa shape index (κ3) is 2.59. The molecule has 116 valence electrons. The molecule has 2 rings (SSSR count). The second kappa shape index (κ2) is 6.01. The van der Waals surface area contributed by atoms with Crippen molar-refractivity contribution in [1.82, 2.24) is 4.90 Å². The van der Waals surface area contributed by atoms with Crippen molar-refractivity contribution in [2.75, 3.05) is 13.1 Å². The molecule has 6 heteroatoms. The Bertz CT molecular complexity index is 623. The Morgan fingerprint density at radius 2 is 1.91 bits per heavy atom. The Labute approximate surface area is 128 Å². The first-order valence-electron chi connectivity index (χ1n) is 6.96. The minimum absolute atomic E-state index is 0.0874. The van der Waals surface area contributed by atoms with Gasteiger partial charge in [-0.25, -0.2) is 0 Å². The zero-order valence-corrected chi connectivity index (χ0v) is 12.3. The maximum absolute atomic E-state index is 12.5. The number of aliphatic carboxylic acids is 1. The molecular formula is C16H18N2O4. The lowest BCUT2D eigenvalue weighted by atomic mass is 9.86. The van der Waals surface area contributed by atoms with Crippen LogP contribution in [-0.4, -0.2) is 40.8 Å². The number of allylic oxidation sites excluding steroid dienone is 2. The Hall–Kier alpha value is -2.63. The second-order valence-electron chi connectivity index (χ2n) is 5.29. The number of benzene rings is 1. The Kier molecular flexibility index (Phi) is 4.30. The van der Waals surface area contributed by atoms with Crippen LogP contribution in [0.2, 0.25) is 0 Å². The SMILES string of the molecule is C/C=C(/C(=O)c1ccccc1)N1CCC(C(N)=O)(C(=O)O)C1. The Morgan fingerprint density at radius 3 is 2.36 bits per heavy atom. The number of hydrogen-bond acceptors (Lipinski definition) is 4. The van der Waals surface area contributed by atoms with Gasteiger partial charge >= 0.3 is 5.97 Å². The first-order chi connectivity index (χ1) is 10.4. The summed E-state index contributed by atoms with van der Waals surface area (Å²) in [5, 5.41) is 9.33. The standard InChI is InChI=1S/C16H18N2O4/c1-2-12(13(19)11-6-4-3-5-7-11)18-9-8-16(10-18,14(17)20)15(21)22/h2-7H,8-10H2,1H3,(H2,17,20)(H,21,22)/b12-2-. The number of ketones is 1. The minimum Gasteiger partial charge on any atom is -0.480 e. The quantitative estimate of drug-likeness (QED) is 0.481. The molecule has 1 heterocycles. The molecular weight excluding hydrogens is 284 g/mol. The van der Waals surface area contributed by atoms with Crippen molar-refractivity contribution >= 4 is 17.7 Å². The van der Waals surface area contributed by atoms with Crippen LogP contribution in [0.5, 0.6) is 0 Å². The van der Waals surface area contributed by atoms with E-state index in [4.69, 9.17) is 5.73 Å². The highest BCUT2D eigenvalue weighted by molar-refractivity contribution is 6.08. The van der Waals surface area contributed by atoms with Gasteiger partial charge in [-0.15, -0.1) is 0 Å². The molecule has 1 aliphatic rings. The summed E-state index contributed by atoms with van der Waals surface area (Å²) in [5.74, 6) is -2.32. The summed E-state index contributed by atoms with van der Waals surface area (Å²) >= 11 is 0. The molecule has 1 aliphatic heterocycles. The molecule has 1 atom stereocenters. The fraction of sp³-hybridized carbons (Fsp3) is 0.312. The van der Waals surface area contributed by atoms with Gasteiger partial charge in [0.05, 0.1) is 5.70 Å². The van der Waals surface area contributed by atoms with Gasteiger partial charge < -0.3 is 15.7 Å². The van der Waals surface area contributed by atoms with Crippen molar-refractivity contribution in [1.29, 1.82) is 0 Å². The molecule has 0 spiro atoms. The van der Waals surface area contributed by atoms with Crippen LogP contribution in [0.3, 0.4) is 0 Å². The zero-order valence-electron chi connectivity index (χ0n) is 12.3. The van der Waals surface area contributed by atoms with E-state index < -0.39 is 17.3 Å². The van der Waals surface area contributed by atoms with E-state index in [0.29, 0.717) is 17.8 Å². The highest BCUT2D eigenvalue weighted by atomic mass is 16.4. The van der Waals surface area contributed by atoms with Gasteiger partial charge in [-0.05, 0) is 13.3 Å². The number of carbonyl (C=O) groups is 3. The van der Waals surface area contributed by atoms with Crippen molar-refractivity contribution in [3.63, 3.8) is 0 Å². The Balaban J connectivity index is 2.26. The molecule has 6 nitrogen and oxygen atoms in total. The van der Waals surface area contributed by atoms with Gasteiger partial charge in [-0.3, -0.25) is 14.4 Å². The second-order valence-corrected chi connectivity index (χ2v) is 5.29. The number of likely N-dealkylation sites (tertiary alicyclic amines) is 1. The van der Waals surface area contributed by atoms with Crippen LogP contribution >= 0.6 is 0 Å². The number of carbonyl (C=O) groups excluding carboxylic acids is 2. The van der Waals surface area contributed by atoms with Crippen molar-refractivity contribution in [2.24, 2.45) is 11.1 Å². The highest BCUT2D eigenvalue weighted by Crippen LogP contribution is 2.33. The van der Waals surface area contributed by atoms with Crippen LogP contribution in [0, 0.1) is 5.41 Å². The fourth-order valence-corrected chi connectivity index (χ4v) is 2.69. The van der Waals surface area contributed by atoms with E-state index in [0.717, 1.165) is 0 Å². The normalized spacial score (nSPS) is 21.7. The summed E-state index contributed by atoms with van der Waals surface area (Å²) in [4.78, 5) is 37.2. The first kappa shape index (κ1) is 15.8. The smallest absolute Gasteiger partial charge is 0.321 e. The first-order valence-corrected chi connectivity index (χ1v) is 6.96. The zero-order chi connectivity index (χ0) is 16.3. The molecule has 3 N–H and O–H groups in total. The van der Waals surface area contributed by atoms with Gasteiger partial charge in [0.2, 0.25) is 11.7 Å². The van der Waals surface area contributed by atoms with Gasteiger partial charge in [0, 0.05) is 18.7 Å². The minimum atomic E-state index is -1.63. The van der Waals surface area contributed by atoms with Gasteiger partial charge in [-0.1, -0.05) is 36.4 Å². The predicted molar refractivity (Wildman–Crippen MR) is 80.0 cm³/mol. The maximum atomic E-state index is 12.5. The van der Waals surface area contributed by atoms with E-state index in [-0.39, 0.29) is 18.7 Å². The summed E-state index contributed by atoms with van der Waals surface area (Å²) in [7, 11) is 0. The lowest BCUT2D eigenvalue weighted by Gasteiger charge is -2.24. The maximum Gasteiger partial charge on any atom is 0.321 e. The van der Waals surface area contributed by atoms with Gasteiger partial charge in [0.25, 0.3) is 0 Å². The molecule has 0 bridgehead atoms. The molecule has 0 aliphatic carbocycles. The third-order valence-corrected chi connectivity index (χ3v) is 4.03. The molecule has 0 radical (unpaired) electrons. The van der Waals surface area contributed by atoms with Crippen LogP contribution in [0.1, 0.15) is 23.7 Å². The summed E-state index contributed by atoms with van der Waals surface area (Å²) in [6.45, 7) is 1.92. The average molecular weight is 302 g/mol. The number of carboxylic acid groups (broad SMARTS) is 1. The van der Waals surface area contributed by atoms with E-state index in [1.54, 1.807) is 42.2 Å². The molecule has 1 aromatic carbocycles. The molecule has 0 saturated carbocycles. The van der Waals surface area contributed by atoms with E-state index in [1.165, 1.54) is 0 Å². The van der Waals surface area contributed by atoms with E-state index in [9.17, 15) is 19.5 Å². The predicted octanol–water partition coefficient (Wildman–Crippen LogP) is 1.04. The number of nitrogens with zero attached hydrogens (tertiary/aromatic N) is 1. The van der Waals surface area contributed by atoms with E-state index in [2.05, 4.69) is 0 Å². The topological polar surface area (TPSA) is 101 Å². The number of primary amides is 1. The van der Waals surface area contributed by atoms with Gasteiger partial charge in [0.15, 0.2) is 5.41 Å². The number of hydrogen-bond donors (Lipinski definition) is 2. The van der Waals surface area contributed by atoms with Crippen molar-refractivity contribution < 1.29 is 19.5 Å². The molecule has 1 aromatic rings. The highest BCUT2D eigenvalue weighted by Gasteiger charge is 2.51. The fourth-order valence-electron chi connectivity index (χ4n) is 2.69. The molecule has 1 unspecified atom stereocenters. The molecule has 1 saturated heterocycles. The van der Waals surface area contributed by atoms with Gasteiger partial charge in [-0.2, -0.15) is 0 Å². The van der Waals surface area contributed by atoms with Crippen LogP contribution in [0.15, 0.2) is 42.1 Å².